The average Bonchev–Trinajstić information content (AvgIpc) is 3.10. The highest BCUT2D eigenvalue weighted by molar-refractivity contribution is 5.98. The third-order valence-electron chi connectivity index (χ3n) is 8.46. The van der Waals surface area contributed by atoms with Crippen molar-refractivity contribution in [2.24, 2.45) is 17.4 Å². The number of nitrogens with one attached hydrogen (secondary N) is 7. The molecule has 0 radical (unpaired) electrons. The predicted octanol–water partition coefficient (Wildman–Crippen LogP) is -4.04. The number of hydrogen-bond acceptors (Lipinski definition) is 12. The lowest BCUT2D eigenvalue weighted by molar-refractivity contribution is -0.144. The Hall–Kier alpha value is -5.34. The van der Waals surface area contributed by atoms with Crippen LogP contribution < -0.4 is 48.7 Å². The van der Waals surface area contributed by atoms with Gasteiger partial charge in [0.1, 0.15) is 36.0 Å². The van der Waals surface area contributed by atoms with E-state index in [0.717, 1.165) is 6.92 Å². The number of unbranched alkanes of at least 4 members (excludes halogenated alkanes) is 1. The van der Waals surface area contributed by atoms with Crippen molar-refractivity contribution in [2.75, 3.05) is 19.6 Å². The van der Waals surface area contributed by atoms with Gasteiger partial charge in [-0.2, -0.15) is 0 Å². The molecule has 1 fully saturated rings. The second-order valence-corrected chi connectivity index (χ2v) is 13.4. The molecule has 0 spiro atoms. The number of amides is 7. The highest BCUT2D eigenvalue weighted by Crippen LogP contribution is 2.12. The van der Waals surface area contributed by atoms with Crippen LogP contribution in [0.15, 0.2) is 24.3 Å². The molecular formula is C34H53N9O11. The van der Waals surface area contributed by atoms with E-state index in [-0.39, 0.29) is 31.6 Å². The number of carbonyl (C=O) groups excluding carboxylic acids is 7. The molecule has 2 rings (SSSR count). The van der Waals surface area contributed by atoms with E-state index < -0.39 is 109 Å². The second-order valence-electron chi connectivity index (χ2n) is 13.4. The number of carboxylic acid groups (broad SMARTS) is 1. The van der Waals surface area contributed by atoms with Gasteiger partial charge in [0.25, 0.3) is 0 Å². The summed E-state index contributed by atoms with van der Waals surface area (Å²) in [4.78, 5) is 104. The molecule has 0 saturated carbocycles. The highest BCUT2D eigenvalue weighted by Gasteiger charge is 2.36. The van der Waals surface area contributed by atoms with Gasteiger partial charge in [0.05, 0.1) is 25.1 Å². The number of hydrogen-bond donors (Lipinski definition) is 12. The van der Waals surface area contributed by atoms with Crippen LogP contribution in [0.1, 0.15) is 58.4 Å². The molecule has 1 aliphatic rings. The van der Waals surface area contributed by atoms with E-state index in [4.69, 9.17) is 11.5 Å². The predicted molar refractivity (Wildman–Crippen MR) is 192 cm³/mol. The molecular weight excluding hydrogens is 710 g/mol. The van der Waals surface area contributed by atoms with Crippen LogP contribution >= 0.6 is 0 Å². The van der Waals surface area contributed by atoms with Gasteiger partial charge in [0.15, 0.2) is 0 Å². The number of aliphatic hydroxyl groups is 1. The average molecular weight is 764 g/mol. The van der Waals surface area contributed by atoms with Crippen molar-refractivity contribution in [1.82, 2.24) is 37.2 Å². The first-order chi connectivity index (χ1) is 25.4. The minimum atomic E-state index is -1.74. The van der Waals surface area contributed by atoms with E-state index in [1.54, 1.807) is 12.1 Å². The third kappa shape index (κ3) is 15.0. The Kier molecular flexibility index (Phi) is 18.3. The second kappa shape index (κ2) is 22.0. The molecule has 54 heavy (non-hydrogen) atoms. The van der Waals surface area contributed by atoms with Crippen LogP contribution in [0.4, 0.5) is 0 Å². The Bertz CT molecular complexity index is 1490. The van der Waals surface area contributed by atoms with Gasteiger partial charge in [0, 0.05) is 6.54 Å². The summed E-state index contributed by atoms with van der Waals surface area (Å²) >= 11 is 0. The number of carbonyl (C=O) groups is 8. The van der Waals surface area contributed by atoms with Crippen molar-refractivity contribution in [1.29, 1.82) is 0 Å². The number of aliphatic carboxylic acids is 1. The lowest BCUT2D eigenvalue weighted by Gasteiger charge is -2.28. The first-order valence-electron chi connectivity index (χ1n) is 17.6. The minimum absolute atomic E-state index is 0.0295. The molecule has 1 aromatic carbocycles. The summed E-state index contributed by atoms with van der Waals surface area (Å²) in [6.45, 7) is 3.74. The number of carboxylic acids is 1. The van der Waals surface area contributed by atoms with Gasteiger partial charge in [-0.25, -0.2) is 4.79 Å². The molecule has 1 aliphatic heterocycles. The van der Waals surface area contributed by atoms with E-state index >= 15 is 0 Å². The molecule has 20 heteroatoms. The molecule has 14 N–H and O–H groups in total. The SMILES string of the molecule is CC(C)[C@H](NC(=O)[C@H]1CC(=O)NCC(=O)NCC[C@@H](NC(=O)[C@H](CCCCN)NC(=O)[C@@H](N)Cc2ccc(O)cc2)C(=O)N[C@H]([C@H](C)O)C(=O)N1)C(=O)O. The summed E-state index contributed by atoms with van der Waals surface area (Å²) in [5, 5.41) is 46.4. The molecule has 300 valence electrons. The van der Waals surface area contributed by atoms with E-state index in [9.17, 15) is 53.7 Å². The zero-order valence-corrected chi connectivity index (χ0v) is 30.6. The Morgan fingerprint density at radius 3 is 2.17 bits per heavy atom. The van der Waals surface area contributed by atoms with E-state index in [1.807, 2.05) is 0 Å². The van der Waals surface area contributed by atoms with Crippen LogP contribution in [0.25, 0.3) is 0 Å². The molecule has 1 aromatic rings. The fraction of sp³-hybridized carbons (Fsp3) is 0.588. The fourth-order valence-electron chi connectivity index (χ4n) is 5.31. The zero-order valence-electron chi connectivity index (χ0n) is 30.6. The zero-order chi connectivity index (χ0) is 40.5. The Balaban J connectivity index is 2.34. The van der Waals surface area contributed by atoms with Crippen molar-refractivity contribution in [3.63, 3.8) is 0 Å². The number of aliphatic hydroxyl groups excluding tert-OH is 1. The van der Waals surface area contributed by atoms with Crippen LogP contribution in [0.5, 0.6) is 5.75 Å². The molecule has 7 atom stereocenters. The van der Waals surface area contributed by atoms with Crippen LogP contribution in [-0.4, -0.2) is 125 Å². The lowest BCUT2D eigenvalue weighted by Crippen LogP contribution is -2.62. The van der Waals surface area contributed by atoms with Crippen LogP contribution in [0.2, 0.25) is 0 Å². The molecule has 1 saturated heterocycles. The quantitative estimate of drug-likeness (QED) is 0.0758. The summed E-state index contributed by atoms with van der Waals surface area (Å²) in [6.07, 6.45) is -1.46. The maximum absolute atomic E-state index is 13.7. The van der Waals surface area contributed by atoms with E-state index in [0.29, 0.717) is 24.9 Å². The van der Waals surface area contributed by atoms with Crippen molar-refractivity contribution in [3.8, 4) is 5.75 Å². The summed E-state index contributed by atoms with van der Waals surface area (Å²) in [7, 11) is 0. The fourth-order valence-corrected chi connectivity index (χ4v) is 5.31. The molecule has 7 amide bonds. The highest BCUT2D eigenvalue weighted by atomic mass is 16.4. The molecule has 0 aliphatic carbocycles. The van der Waals surface area contributed by atoms with Crippen molar-refractivity contribution in [3.05, 3.63) is 29.8 Å². The smallest absolute Gasteiger partial charge is 0.326 e. The van der Waals surface area contributed by atoms with Gasteiger partial charge in [-0.3, -0.25) is 33.6 Å². The largest absolute Gasteiger partial charge is 0.508 e. The lowest BCUT2D eigenvalue weighted by atomic mass is 10.0. The standard InChI is InChI=1S/C34H53N9O11/c1-17(2)27(34(53)54)42-32(51)24-15-25(46)38-16-26(47)37-13-11-23(31(50)43-28(18(3)44)33(52)41-24)40-30(49)22(6-4-5-12-35)39-29(48)21(36)14-19-7-9-20(45)10-8-19/h7-10,17-18,21-24,27-28,44-45H,4-6,11-16,35-36H2,1-3H3,(H,37,47)(H,38,46)(H,39,48)(H,40,49)(H,41,52)(H,42,51)(H,43,50)(H,53,54)/t18-,21-,22-,23+,24+,27-,28+/m0/s1. The van der Waals surface area contributed by atoms with Crippen molar-refractivity contribution < 1.29 is 53.7 Å². The summed E-state index contributed by atoms with van der Waals surface area (Å²) in [5.74, 6) is -8.12. The topological polar surface area (TPSA) is 334 Å². The Labute approximate surface area is 312 Å². The first-order valence-corrected chi connectivity index (χ1v) is 17.6. The number of aromatic hydroxyl groups is 1. The van der Waals surface area contributed by atoms with Gasteiger partial charge < -0.3 is 64.0 Å². The monoisotopic (exact) mass is 763 g/mol. The number of phenols is 1. The molecule has 0 bridgehead atoms. The molecule has 0 aromatic heterocycles. The van der Waals surface area contributed by atoms with Crippen LogP contribution in [-0.2, 0) is 44.8 Å². The first kappa shape index (κ1) is 44.8. The third-order valence-corrected chi connectivity index (χ3v) is 8.46. The maximum Gasteiger partial charge on any atom is 0.326 e. The Morgan fingerprint density at radius 2 is 1.57 bits per heavy atom. The van der Waals surface area contributed by atoms with Crippen LogP contribution in [0.3, 0.4) is 0 Å². The minimum Gasteiger partial charge on any atom is -0.508 e. The van der Waals surface area contributed by atoms with Crippen molar-refractivity contribution >= 4 is 47.3 Å². The van der Waals surface area contributed by atoms with Gasteiger partial charge >= 0.3 is 5.97 Å². The summed E-state index contributed by atoms with van der Waals surface area (Å²) in [6, 6.07) is -2.52. The van der Waals surface area contributed by atoms with E-state index in [2.05, 4.69) is 37.2 Å². The number of rotatable bonds is 15. The maximum atomic E-state index is 13.7. The summed E-state index contributed by atoms with van der Waals surface area (Å²) < 4.78 is 0. The Morgan fingerprint density at radius 1 is 0.907 bits per heavy atom. The van der Waals surface area contributed by atoms with Gasteiger partial charge in [0.2, 0.25) is 41.4 Å². The molecule has 20 nitrogen and oxygen atoms in total. The van der Waals surface area contributed by atoms with Crippen molar-refractivity contribution in [2.45, 2.75) is 102 Å². The molecule has 0 unspecified atom stereocenters. The van der Waals surface area contributed by atoms with E-state index in [1.165, 1.54) is 26.0 Å². The molecule has 1 heterocycles. The number of phenolic OH excluding ortho intramolecular Hbond substituents is 1. The van der Waals surface area contributed by atoms with Crippen LogP contribution in [0, 0.1) is 5.92 Å². The normalized spacial score (nSPS) is 21.0. The number of nitrogens with two attached hydrogens (primary N) is 2. The van der Waals surface area contributed by atoms with Gasteiger partial charge in [-0.05, 0) is 69.2 Å². The van der Waals surface area contributed by atoms with Gasteiger partial charge in [-0.1, -0.05) is 26.0 Å². The summed E-state index contributed by atoms with van der Waals surface area (Å²) in [5.41, 5.74) is 12.4. The van der Waals surface area contributed by atoms with Gasteiger partial charge in [-0.15, -0.1) is 0 Å². The number of benzene rings is 1.